The van der Waals surface area contributed by atoms with E-state index in [1.165, 1.54) is 28.3 Å². The minimum Gasteiger partial charge on any atom is -0.318 e. The smallest absolute Gasteiger partial charge is 0.275 e. The summed E-state index contributed by atoms with van der Waals surface area (Å²) < 4.78 is 15.0. The van der Waals surface area contributed by atoms with Crippen molar-refractivity contribution in [2.75, 3.05) is 5.32 Å². The zero-order valence-electron chi connectivity index (χ0n) is 10.2. The molecule has 0 saturated heterocycles. The van der Waals surface area contributed by atoms with E-state index in [-0.39, 0.29) is 11.7 Å². The van der Waals surface area contributed by atoms with E-state index in [1.807, 2.05) is 0 Å². The lowest BCUT2D eigenvalue weighted by Crippen LogP contribution is -2.11. The van der Waals surface area contributed by atoms with Crippen LogP contribution in [-0.2, 0) is 0 Å². The number of nitrogens with zero attached hydrogens (tertiary/aromatic N) is 3. The predicted octanol–water partition coefficient (Wildman–Crippen LogP) is 2.72. The third-order valence-electron chi connectivity index (χ3n) is 2.60. The molecule has 0 aliphatic rings. The maximum Gasteiger partial charge on any atom is 0.275 e. The van der Waals surface area contributed by atoms with Crippen molar-refractivity contribution >= 4 is 22.9 Å². The number of aromatic nitrogens is 3. The summed E-state index contributed by atoms with van der Waals surface area (Å²) in [5.74, 6) is -0.702. The molecule has 0 aliphatic carbocycles. The molecule has 20 heavy (non-hydrogen) atoms. The zero-order valence-corrected chi connectivity index (χ0v) is 11.0. The molecule has 7 heteroatoms. The minimum absolute atomic E-state index is 0.320. The Morgan fingerprint density at radius 3 is 2.95 bits per heavy atom. The predicted molar refractivity (Wildman–Crippen MR) is 73.6 cm³/mol. The summed E-state index contributed by atoms with van der Waals surface area (Å²) in [5.41, 5.74) is 2.72. The molecule has 0 unspecified atom stereocenters. The molecule has 1 N–H and O–H groups in total. The van der Waals surface area contributed by atoms with Gasteiger partial charge in [-0.05, 0) is 12.1 Å². The average molecular weight is 288 g/mol. The molecular formula is C13H9FN4OS. The molecule has 0 atom stereocenters. The van der Waals surface area contributed by atoms with Crippen molar-refractivity contribution in [3.8, 4) is 5.69 Å². The van der Waals surface area contributed by atoms with E-state index in [0.29, 0.717) is 17.1 Å². The lowest BCUT2D eigenvalue weighted by molar-refractivity contribution is 0.102. The van der Waals surface area contributed by atoms with Gasteiger partial charge in [-0.25, -0.2) is 14.1 Å². The molecule has 100 valence electrons. The Morgan fingerprint density at radius 1 is 1.35 bits per heavy atom. The van der Waals surface area contributed by atoms with Crippen molar-refractivity contribution in [3.63, 3.8) is 0 Å². The maximum absolute atomic E-state index is 13.6. The second kappa shape index (κ2) is 5.22. The van der Waals surface area contributed by atoms with Crippen LogP contribution in [0.3, 0.4) is 0 Å². The van der Waals surface area contributed by atoms with Gasteiger partial charge in [0.25, 0.3) is 5.91 Å². The van der Waals surface area contributed by atoms with Gasteiger partial charge in [-0.1, -0.05) is 12.1 Å². The number of halogens is 1. The second-order valence-electron chi connectivity index (χ2n) is 3.95. The van der Waals surface area contributed by atoms with Crippen LogP contribution in [0, 0.1) is 5.82 Å². The van der Waals surface area contributed by atoms with Crippen molar-refractivity contribution in [1.82, 2.24) is 14.8 Å². The van der Waals surface area contributed by atoms with Gasteiger partial charge in [0.15, 0.2) is 0 Å². The molecule has 2 aromatic heterocycles. The van der Waals surface area contributed by atoms with Gasteiger partial charge in [-0.3, -0.25) is 4.79 Å². The largest absolute Gasteiger partial charge is 0.318 e. The number of carbonyl (C=O) groups is 1. The molecule has 0 spiro atoms. The SMILES string of the molecule is O=C(Nc1cnn(-c2ccccc2F)c1)c1cscn1. The van der Waals surface area contributed by atoms with Gasteiger partial charge in [0, 0.05) is 5.38 Å². The van der Waals surface area contributed by atoms with Crippen LogP contribution in [0.1, 0.15) is 10.5 Å². The number of rotatable bonds is 3. The highest BCUT2D eigenvalue weighted by Gasteiger charge is 2.10. The molecule has 0 fully saturated rings. The van der Waals surface area contributed by atoms with Crippen LogP contribution in [-0.4, -0.2) is 20.7 Å². The molecule has 0 aliphatic heterocycles. The van der Waals surface area contributed by atoms with Gasteiger partial charge in [0.1, 0.15) is 17.2 Å². The number of anilines is 1. The van der Waals surface area contributed by atoms with Crippen LogP contribution in [0.15, 0.2) is 47.5 Å². The lowest BCUT2D eigenvalue weighted by atomic mass is 10.3. The Bertz CT molecular complexity index is 738. The third kappa shape index (κ3) is 2.43. The standard InChI is InChI=1S/C13H9FN4OS/c14-10-3-1-2-4-12(10)18-6-9(5-16-18)17-13(19)11-7-20-8-15-11/h1-8H,(H,17,19). The molecule has 0 bridgehead atoms. The van der Waals surface area contributed by atoms with Gasteiger partial charge in [-0.2, -0.15) is 5.10 Å². The van der Waals surface area contributed by atoms with Crippen LogP contribution < -0.4 is 5.32 Å². The molecule has 1 aromatic carbocycles. The Morgan fingerprint density at radius 2 is 2.20 bits per heavy atom. The van der Waals surface area contributed by atoms with E-state index >= 15 is 0 Å². The first-order valence-electron chi connectivity index (χ1n) is 5.73. The van der Waals surface area contributed by atoms with Crippen molar-refractivity contribution in [2.24, 2.45) is 0 Å². The van der Waals surface area contributed by atoms with E-state index < -0.39 is 0 Å². The zero-order chi connectivity index (χ0) is 13.9. The first-order valence-corrected chi connectivity index (χ1v) is 6.67. The highest BCUT2D eigenvalue weighted by molar-refractivity contribution is 7.07. The Balaban J connectivity index is 1.81. The summed E-state index contributed by atoms with van der Waals surface area (Å²) in [5, 5.41) is 8.33. The van der Waals surface area contributed by atoms with Crippen molar-refractivity contribution in [3.05, 3.63) is 59.1 Å². The summed E-state index contributed by atoms with van der Waals surface area (Å²) in [6.45, 7) is 0. The van der Waals surface area contributed by atoms with Crippen molar-refractivity contribution in [1.29, 1.82) is 0 Å². The van der Waals surface area contributed by atoms with E-state index in [1.54, 1.807) is 35.3 Å². The van der Waals surface area contributed by atoms with Crippen molar-refractivity contribution < 1.29 is 9.18 Å². The monoisotopic (exact) mass is 288 g/mol. The van der Waals surface area contributed by atoms with Gasteiger partial charge >= 0.3 is 0 Å². The Kier molecular flexibility index (Phi) is 3.26. The number of carbonyl (C=O) groups excluding carboxylic acids is 1. The fraction of sp³-hybridized carbons (Fsp3) is 0. The molecule has 1 amide bonds. The second-order valence-corrected chi connectivity index (χ2v) is 4.67. The van der Waals surface area contributed by atoms with Crippen LogP contribution in [0.2, 0.25) is 0 Å². The Labute approximate surface area is 117 Å². The van der Waals surface area contributed by atoms with Gasteiger partial charge in [-0.15, -0.1) is 11.3 Å². The van der Waals surface area contributed by atoms with E-state index in [0.717, 1.165) is 0 Å². The van der Waals surface area contributed by atoms with E-state index in [9.17, 15) is 9.18 Å². The fourth-order valence-electron chi connectivity index (χ4n) is 1.68. The van der Waals surface area contributed by atoms with Gasteiger partial charge < -0.3 is 5.32 Å². The topological polar surface area (TPSA) is 59.8 Å². The quantitative estimate of drug-likeness (QED) is 0.806. The van der Waals surface area contributed by atoms with Crippen LogP contribution in [0.25, 0.3) is 5.69 Å². The van der Waals surface area contributed by atoms with Gasteiger partial charge in [0.2, 0.25) is 0 Å². The summed E-state index contributed by atoms with van der Waals surface area (Å²) in [4.78, 5) is 15.7. The normalized spacial score (nSPS) is 10.4. The first kappa shape index (κ1) is 12.5. The number of benzene rings is 1. The number of para-hydroxylation sites is 1. The maximum atomic E-state index is 13.6. The Hall–Kier alpha value is -2.54. The van der Waals surface area contributed by atoms with E-state index in [2.05, 4.69) is 15.4 Å². The third-order valence-corrected chi connectivity index (χ3v) is 3.19. The highest BCUT2D eigenvalue weighted by Crippen LogP contribution is 2.15. The number of hydrogen-bond acceptors (Lipinski definition) is 4. The van der Waals surface area contributed by atoms with Crippen LogP contribution in [0.4, 0.5) is 10.1 Å². The average Bonchev–Trinajstić information content (AvgIpc) is 3.10. The number of amides is 1. The summed E-state index contributed by atoms with van der Waals surface area (Å²) >= 11 is 1.34. The molecule has 3 aromatic rings. The lowest BCUT2D eigenvalue weighted by Gasteiger charge is -2.02. The van der Waals surface area contributed by atoms with E-state index in [4.69, 9.17) is 0 Å². The van der Waals surface area contributed by atoms with Crippen LogP contribution in [0.5, 0.6) is 0 Å². The number of nitrogens with one attached hydrogen (secondary N) is 1. The summed E-state index contributed by atoms with van der Waals surface area (Å²) in [6, 6.07) is 6.28. The highest BCUT2D eigenvalue weighted by atomic mass is 32.1. The minimum atomic E-state index is -0.382. The molecule has 0 radical (unpaired) electrons. The van der Waals surface area contributed by atoms with Gasteiger partial charge in [0.05, 0.1) is 23.6 Å². The molecule has 2 heterocycles. The van der Waals surface area contributed by atoms with Crippen LogP contribution >= 0.6 is 11.3 Å². The summed E-state index contributed by atoms with van der Waals surface area (Å²) in [6.07, 6.45) is 3.00. The fourth-order valence-corrected chi connectivity index (χ4v) is 2.21. The molecule has 5 nitrogen and oxygen atoms in total. The molecule has 3 rings (SSSR count). The van der Waals surface area contributed by atoms with Crippen molar-refractivity contribution in [2.45, 2.75) is 0 Å². The molecule has 0 saturated carbocycles. The number of hydrogen-bond donors (Lipinski definition) is 1. The summed E-state index contributed by atoms with van der Waals surface area (Å²) in [7, 11) is 0. The first-order chi connectivity index (χ1) is 9.74. The number of thiazole rings is 1. The molecular weight excluding hydrogens is 279 g/mol.